The van der Waals surface area contributed by atoms with Gasteiger partial charge >= 0.3 is 0 Å². The summed E-state index contributed by atoms with van der Waals surface area (Å²) in [5, 5.41) is 2.94. The van der Waals surface area contributed by atoms with Crippen LogP contribution in [-0.4, -0.2) is 50.4 Å². The zero-order valence-corrected chi connectivity index (χ0v) is 24.2. The molecule has 3 rings (SSSR count). The Morgan fingerprint density at radius 1 is 0.975 bits per heavy atom. The first-order valence-corrected chi connectivity index (χ1v) is 14.4. The van der Waals surface area contributed by atoms with Crippen molar-refractivity contribution in [3.05, 3.63) is 90.2 Å². The van der Waals surface area contributed by atoms with E-state index in [1.54, 1.807) is 61.5 Å². The van der Waals surface area contributed by atoms with E-state index in [9.17, 15) is 22.4 Å². The van der Waals surface area contributed by atoms with Crippen molar-refractivity contribution in [2.45, 2.75) is 57.1 Å². The topological polar surface area (TPSA) is 96.0 Å². The lowest BCUT2D eigenvalue weighted by molar-refractivity contribution is -0.141. The molecule has 0 unspecified atom stereocenters. The number of nitrogens with one attached hydrogen (secondary N) is 1. The van der Waals surface area contributed by atoms with Crippen LogP contribution in [0.15, 0.2) is 83.8 Å². The number of halogens is 1. The number of carbonyl (C=O) groups excluding carboxylic acids is 2. The van der Waals surface area contributed by atoms with Crippen molar-refractivity contribution in [3.63, 3.8) is 0 Å². The van der Waals surface area contributed by atoms with E-state index in [1.807, 2.05) is 20.8 Å². The molecular formula is C30H36FN3O5S. The number of ether oxygens (including phenoxy) is 1. The molecule has 2 amide bonds. The van der Waals surface area contributed by atoms with Gasteiger partial charge in [0.15, 0.2) is 0 Å². The summed E-state index contributed by atoms with van der Waals surface area (Å²) in [5.41, 5.74) is 0.424. The molecule has 0 fully saturated rings. The first kappa shape index (κ1) is 30.6. The van der Waals surface area contributed by atoms with Crippen LogP contribution in [0.5, 0.6) is 5.75 Å². The molecule has 214 valence electrons. The molecule has 0 spiro atoms. The highest BCUT2D eigenvalue weighted by Gasteiger charge is 2.34. The van der Waals surface area contributed by atoms with Gasteiger partial charge in [-0.25, -0.2) is 12.8 Å². The number of nitrogens with zero attached hydrogens (tertiary/aromatic N) is 2. The van der Waals surface area contributed by atoms with Crippen LogP contribution in [0.4, 0.5) is 10.1 Å². The van der Waals surface area contributed by atoms with Gasteiger partial charge in [0, 0.05) is 12.1 Å². The Labute approximate surface area is 235 Å². The molecule has 0 saturated heterocycles. The quantitative estimate of drug-likeness (QED) is 0.360. The molecule has 0 aromatic heterocycles. The molecule has 0 aliphatic rings. The summed E-state index contributed by atoms with van der Waals surface area (Å²) < 4.78 is 47.4. The summed E-state index contributed by atoms with van der Waals surface area (Å²) in [7, 11) is -2.73. The van der Waals surface area contributed by atoms with Gasteiger partial charge in [-0.2, -0.15) is 0 Å². The third-order valence-corrected chi connectivity index (χ3v) is 7.88. The second-order valence-corrected chi connectivity index (χ2v) is 12.2. The summed E-state index contributed by atoms with van der Waals surface area (Å²) in [4.78, 5) is 28.6. The van der Waals surface area contributed by atoms with Gasteiger partial charge in [0.05, 0.1) is 17.7 Å². The minimum absolute atomic E-state index is 0.0470. The minimum atomic E-state index is -4.27. The van der Waals surface area contributed by atoms with Crippen molar-refractivity contribution in [2.24, 2.45) is 0 Å². The number of anilines is 1. The largest absolute Gasteiger partial charge is 0.497 e. The van der Waals surface area contributed by atoms with E-state index in [1.165, 1.54) is 12.0 Å². The van der Waals surface area contributed by atoms with Gasteiger partial charge in [-0.3, -0.25) is 13.9 Å². The summed E-state index contributed by atoms with van der Waals surface area (Å²) in [6.45, 7) is 6.80. The Balaban J connectivity index is 2.05. The molecule has 3 aromatic rings. The molecule has 0 radical (unpaired) electrons. The Bertz CT molecular complexity index is 1410. The van der Waals surface area contributed by atoms with Crippen molar-refractivity contribution in [2.75, 3.05) is 18.0 Å². The third kappa shape index (κ3) is 7.81. The molecule has 0 aliphatic carbocycles. The molecule has 0 saturated carbocycles. The highest BCUT2D eigenvalue weighted by molar-refractivity contribution is 7.92. The Hall–Kier alpha value is -3.92. The van der Waals surface area contributed by atoms with Crippen LogP contribution in [0.2, 0.25) is 0 Å². The fraction of sp³-hybridized carbons (Fsp3) is 0.333. The van der Waals surface area contributed by atoms with E-state index in [2.05, 4.69) is 5.32 Å². The maximum absolute atomic E-state index is 14.0. The Kier molecular flexibility index (Phi) is 9.92. The number of hydrogen-bond acceptors (Lipinski definition) is 5. The summed E-state index contributed by atoms with van der Waals surface area (Å²) >= 11 is 0. The number of amides is 2. The maximum atomic E-state index is 14.0. The van der Waals surface area contributed by atoms with Crippen LogP contribution in [0.25, 0.3) is 0 Å². The SMILES string of the molecule is CC[C@H](C(=O)NC(C)(C)C)N(Cc1cccc(OC)c1)C(=O)CN(c1ccccc1)S(=O)(=O)c1ccc(F)cc1. The number of benzene rings is 3. The van der Waals surface area contributed by atoms with E-state index >= 15 is 0 Å². The van der Waals surface area contributed by atoms with E-state index in [0.29, 0.717) is 17.7 Å². The normalized spacial score (nSPS) is 12.3. The van der Waals surface area contributed by atoms with Crippen LogP contribution in [0, 0.1) is 5.82 Å². The number of para-hydroxylation sites is 1. The Morgan fingerprint density at radius 2 is 1.62 bits per heavy atom. The van der Waals surface area contributed by atoms with Gasteiger partial charge < -0.3 is 15.0 Å². The molecule has 40 heavy (non-hydrogen) atoms. The standard InChI is InChI=1S/C30H36FN3O5S/c1-6-27(29(36)32-30(2,3)4)33(20-22-11-10-14-25(19-22)39-5)28(35)21-34(24-12-8-7-9-13-24)40(37,38)26-17-15-23(31)16-18-26/h7-19,27H,6,20-21H2,1-5H3,(H,32,36)/t27-/m1/s1. The average Bonchev–Trinajstić information content (AvgIpc) is 2.91. The van der Waals surface area contributed by atoms with E-state index in [0.717, 1.165) is 28.6 Å². The second-order valence-electron chi connectivity index (χ2n) is 10.3. The minimum Gasteiger partial charge on any atom is -0.497 e. The second kappa shape index (κ2) is 13.0. The van der Waals surface area contributed by atoms with Gasteiger partial charge in [0.2, 0.25) is 11.8 Å². The lowest BCUT2D eigenvalue weighted by Crippen LogP contribution is -2.55. The van der Waals surface area contributed by atoms with Gasteiger partial charge in [0.25, 0.3) is 10.0 Å². The van der Waals surface area contributed by atoms with Crippen LogP contribution in [0.1, 0.15) is 39.7 Å². The maximum Gasteiger partial charge on any atom is 0.264 e. The monoisotopic (exact) mass is 569 g/mol. The van der Waals surface area contributed by atoms with Gasteiger partial charge in [-0.1, -0.05) is 37.3 Å². The lowest BCUT2D eigenvalue weighted by atomic mass is 10.1. The number of methoxy groups -OCH3 is 1. The number of sulfonamides is 1. The molecule has 0 bridgehead atoms. The average molecular weight is 570 g/mol. The third-order valence-electron chi connectivity index (χ3n) is 6.10. The molecular weight excluding hydrogens is 533 g/mol. The molecule has 0 heterocycles. The van der Waals surface area contributed by atoms with Gasteiger partial charge in [-0.05, 0) is 81.3 Å². The number of carbonyl (C=O) groups is 2. The predicted molar refractivity (Wildman–Crippen MR) is 153 cm³/mol. The molecule has 1 N–H and O–H groups in total. The van der Waals surface area contributed by atoms with Crippen molar-refractivity contribution < 1.29 is 27.1 Å². The first-order valence-electron chi connectivity index (χ1n) is 12.9. The fourth-order valence-electron chi connectivity index (χ4n) is 4.20. The summed E-state index contributed by atoms with van der Waals surface area (Å²) in [6.07, 6.45) is 0.299. The lowest BCUT2D eigenvalue weighted by Gasteiger charge is -2.34. The van der Waals surface area contributed by atoms with E-state index in [-0.39, 0.29) is 23.0 Å². The Morgan fingerprint density at radius 3 is 2.20 bits per heavy atom. The van der Waals surface area contributed by atoms with Gasteiger partial charge in [-0.15, -0.1) is 0 Å². The smallest absolute Gasteiger partial charge is 0.264 e. The van der Waals surface area contributed by atoms with Crippen molar-refractivity contribution >= 4 is 27.5 Å². The number of rotatable bonds is 11. The molecule has 0 aliphatic heterocycles. The zero-order valence-electron chi connectivity index (χ0n) is 23.4. The zero-order chi connectivity index (χ0) is 29.5. The van der Waals surface area contributed by atoms with Crippen molar-refractivity contribution in [1.82, 2.24) is 10.2 Å². The van der Waals surface area contributed by atoms with Crippen LogP contribution >= 0.6 is 0 Å². The van der Waals surface area contributed by atoms with E-state index in [4.69, 9.17) is 4.74 Å². The van der Waals surface area contributed by atoms with Crippen LogP contribution in [0.3, 0.4) is 0 Å². The van der Waals surface area contributed by atoms with Crippen molar-refractivity contribution in [1.29, 1.82) is 0 Å². The van der Waals surface area contributed by atoms with E-state index < -0.39 is 39.9 Å². The van der Waals surface area contributed by atoms with Crippen LogP contribution in [-0.2, 0) is 26.2 Å². The van der Waals surface area contributed by atoms with Crippen LogP contribution < -0.4 is 14.4 Å². The first-order chi connectivity index (χ1) is 18.9. The summed E-state index contributed by atoms with van der Waals surface area (Å²) in [5.74, 6) is -0.921. The number of hydrogen-bond donors (Lipinski definition) is 1. The fourth-order valence-corrected chi connectivity index (χ4v) is 5.61. The molecule has 10 heteroatoms. The molecule has 1 atom stereocenters. The highest BCUT2D eigenvalue weighted by Crippen LogP contribution is 2.25. The summed E-state index contributed by atoms with van der Waals surface area (Å²) in [6, 6.07) is 18.9. The molecule has 3 aromatic carbocycles. The highest BCUT2D eigenvalue weighted by atomic mass is 32.2. The van der Waals surface area contributed by atoms with Crippen molar-refractivity contribution in [3.8, 4) is 5.75 Å². The molecule has 8 nitrogen and oxygen atoms in total. The van der Waals surface area contributed by atoms with Gasteiger partial charge in [0.1, 0.15) is 24.2 Å². The predicted octanol–water partition coefficient (Wildman–Crippen LogP) is 4.75.